The van der Waals surface area contributed by atoms with Gasteiger partial charge in [0, 0.05) is 30.2 Å². The Morgan fingerprint density at radius 3 is 2.00 bits per heavy atom. The Balaban J connectivity index is 3.09. The van der Waals surface area contributed by atoms with Crippen LogP contribution in [0.5, 0.6) is 0 Å². The van der Waals surface area contributed by atoms with E-state index in [-0.39, 0.29) is 6.04 Å². The van der Waals surface area contributed by atoms with Crippen molar-refractivity contribution < 1.29 is 0 Å². The molecule has 0 aliphatic rings. The third-order valence-corrected chi connectivity index (χ3v) is 1.83. The largest absolute Gasteiger partial charge is 0.310 e. The average Bonchev–Trinajstić information content (AvgIpc) is 1.91. The molecule has 0 aliphatic carbocycles. The lowest BCUT2D eigenvalue weighted by atomic mass is 10.4. The molecule has 0 aromatic heterocycles. The molecule has 0 radical (unpaired) electrons. The highest BCUT2D eigenvalue weighted by Gasteiger charge is 2.01. The van der Waals surface area contributed by atoms with Gasteiger partial charge >= 0.3 is 0 Å². The highest BCUT2D eigenvalue weighted by atomic mass is 35.5. The molecule has 0 spiro atoms. The molecule has 0 bridgehead atoms. The number of alkyl halides is 3. The van der Waals surface area contributed by atoms with E-state index < -0.39 is 0 Å². The third kappa shape index (κ3) is 5.28. The van der Waals surface area contributed by atoms with E-state index in [1.165, 1.54) is 0 Å². The van der Waals surface area contributed by atoms with Crippen LogP contribution in [-0.2, 0) is 0 Å². The van der Waals surface area contributed by atoms with Gasteiger partial charge in [0.25, 0.3) is 0 Å². The summed E-state index contributed by atoms with van der Waals surface area (Å²) >= 11 is 16.4. The Hall–Kier alpha value is 0.830. The Bertz CT molecular complexity index is 56.2. The molecule has 1 nitrogen and oxygen atoms in total. The van der Waals surface area contributed by atoms with E-state index in [1.54, 1.807) is 0 Å². The monoisotopic (exact) mass is 189 g/mol. The normalized spacial score (nSPS) is 10.7. The standard InChI is InChI=1S/C5H10Cl3N/c6-1-2-9-5(3-7)4-8/h5,9H,1-4H2. The lowest BCUT2D eigenvalue weighted by Gasteiger charge is -2.09. The molecule has 56 valence electrons. The van der Waals surface area contributed by atoms with Gasteiger partial charge in [-0.3, -0.25) is 0 Å². The second kappa shape index (κ2) is 6.94. The minimum absolute atomic E-state index is 0.201. The summed E-state index contributed by atoms with van der Waals surface area (Å²) in [5.74, 6) is 1.69. The molecule has 0 fully saturated rings. The number of nitrogens with one attached hydrogen (secondary N) is 1. The van der Waals surface area contributed by atoms with E-state index in [9.17, 15) is 0 Å². The first-order valence-corrected chi connectivity index (χ1v) is 4.36. The van der Waals surface area contributed by atoms with Crippen LogP contribution >= 0.6 is 34.8 Å². The van der Waals surface area contributed by atoms with Gasteiger partial charge in [-0.1, -0.05) is 0 Å². The van der Waals surface area contributed by atoms with Crippen molar-refractivity contribution in [2.75, 3.05) is 24.2 Å². The fourth-order valence-electron chi connectivity index (χ4n) is 0.409. The second-order valence-corrected chi connectivity index (χ2v) is 2.64. The van der Waals surface area contributed by atoms with E-state index >= 15 is 0 Å². The molecular formula is C5H10Cl3N. The van der Waals surface area contributed by atoms with E-state index in [0.717, 1.165) is 6.54 Å². The van der Waals surface area contributed by atoms with Gasteiger partial charge in [-0.05, 0) is 0 Å². The van der Waals surface area contributed by atoms with Crippen LogP contribution in [-0.4, -0.2) is 30.2 Å². The van der Waals surface area contributed by atoms with Crippen molar-refractivity contribution in [2.24, 2.45) is 0 Å². The zero-order chi connectivity index (χ0) is 7.11. The summed E-state index contributed by atoms with van der Waals surface area (Å²) in [7, 11) is 0. The first-order chi connectivity index (χ1) is 4.35. The average molecular weight is 191 g/mol. The highest BCUT2D eigenvalue weighted by molar-refractivity contribution is 6.21. The fourth-order valence-corrected chi connectivity index (χ4v) is 1.07. The molecule has 0 heterocycles. The predicted octanol–water partition coefficient (Wildman–Crippen LogP) is 1.66. The van der Waals surface area contributed by atoms with Gasteiger partial charge in [-0.15, -0.1) is 34.8 Å². The van der Waals surface area contributed by atoms with Crippen LogP contribution in [0.25, 0.3) is 0 Å². The van der Waals surface area contributed by atoms with Crippen LogP contribution < -0.4 is 5.32 Å². The molecule has 0 aromatic carbocycles. The van der Waals surface area contributed by atoms with Crippen molar-refractivity contribution in [1.29, 1.82) is 0 Å². The van der Waals surface area contributed by atoms with E-state index in [0.29, 0.717) is 17.6 Å². The summed E-state index contributed by atoms with van der Waals surface area (Å²) in [5.41, 5.74) is 0. The van der Waals surface area contributed by atoms with Gasteiger partial charge < -0.3 is 5.32 Å². The molecule has 0 saturated heterocycles. The molecule has 0 aromatic rings. The zero-order valence-corrected chi connectivity index (χ0v) is 7.31. The summed E-state index contributed by atoms with van der Waals surface area (Å²) < 4.78 is 0. The highest BCUT2D eigenvalue weighted by Crippen LogP contribution is 1.91. The van der Waals surface area contributed by atoms with Crippen LogP contribution in [0.3, 0.4) is 0 Å². The predicted molar refractivity (Wildman–Crippen MR) is 44.0 cm³/mol. The van der Waals surface area contributed by atoms with Crippen molar-refractivity contribution in [3.63, 3.8) is 0 Å². The van der Waals surface area contributed by atoms with Gasteiger partial charge in [0.05, 0.1) is 0 Å². The topological polar surface area (TPSA) is 12.0 Å². The van der Waals surface area contributed by atoms with Gasteiger partial charge in [0.1, 0.15) is 0 Å². The van der Waals surface area contributed by atoms with Gasteiger partial charge in [-0.25, -0.2) is 0 Å². The summed E-state index contributed by atoms with van der Waals surface area (Å²) in [6.45, 7) is 0.770. The molecule has 0 rings (SSSR count). The minimum Gasteiger partial charge on any atom is -0.310 e. The summed E-state index contributed by atoms with van der Waals surface area (Å²) in [6.07, 6.45) is 0. The third-order valence-electron chi connectivity index (χ3n) is 0.900. The molecular weight excluding hydrogens is 180 g/mol. The van der Waals surface area contributed by atoms with Crippen LogP contribution in [0, 0.1) is 0 Å². The SMILES string of the molecule is ClCCNC(CCl)CCl. The molecule has 0 unspecified atom stereocenters. The molecule has 4 heteroatoms. The maximum absolute atomic E-state index is 5.51. The summed E-state index contributed by atoms with van der Waals surface area (Å²) in [6, 6.07) is 0.201. The lowest BCUT2D eigenvalue weighted by molar-refractivity contribution is 0.625. The van der Waals surface area contributed by atoms with Crippen LogP contribution in [0.2, 0.25) is 0 Å². The number of hydrogen-bond acceptors (Lipinski definition) is 1. The van der Waals surface area contributed by atoms with Crippen molar-refractivity contribution >= 4 is 34.8 Å². The smallest absolute Gasteiger partial charge is 0.0389 e. The first kappa shape index (κ1) is 9.83. The maximum Gasteiger partial charge on any atom is 0.0389 e. The van der Waals surface area contributed by atoms with E-state index in [2.05, 4.69) is 5.32 Å². The van der Waals surface area contributed by atoms with Crippen molar-refractivity contribution in [3.8, 4) is 0 Å². The Morgan fingerprint density at radius 1 is 1.11 bits per heavy atom. The molecule has 9 heavy (non-hydrogen) atoms. The van der Waals surface area contributed by atoms with Gasteiger partial charge in [0.2, 0.25) is 0 Å². The second-order valence-electron chi connectivity index (χ2n) is 1.65. The number of rotatable bonds is 5. The Kier molecular flexibility index (Phi) is 7.58. The lowest BCUT2D eigenvalue weighted by Crippen LogP contribution is -2.33. The van der Waals surface area contributed by atoms with E-state index in [4.69, 9.17) is 34.8 Å². The Morgan fingerprint density at radius 2 is 1.67 bits per heavy atom. The first-order valence-electron chi connectivity index (χ1n) is 2.76. The molecule has 0 amide bonds. The zero-order valence-electron chi connectivity index (χ0n) is 5.04. The van der Waals surface area contributed by atoms with Crippen molar-refractivity contribution in [3.05, 3.63) is 0 Å². The molecule has 0 aliphatic heterocycles. The van der Waals surface area contributed by atoms with Crippen LogP contribution in [0.4, 0.5) is 0 Å². The number of hydrogen-bond donors (Lipinski definition) is 1. The van der Waals surface area contributed by atoms with Crippen LogP contribution in [0.1, 0.15) is 0 Å². The van der Waals surface area contributed by atoms with Gasteiger partial charge in [0.15, 0.2) is 0 Å². The van der Waals surface area contributed by atoms with Gasteiger partial charge in [-0.2, -0.15) is 0 Å². The molecule has 0 atom stereocenters. The molecule has 0 saturated carbocycles. The Labute approximate surface area is 70.7 Å². The van der Waals surface area contributed by atoms with Crippen LogP contribution in [0.15, 0.2) is 0 Å². The summed E-state index contributed by atoms with van der Waals surface area (Å²) in [5, 5.41) is 3.07. The van der Waals surface area contributed by atoms with Crippen molar-refractivity contribution in [1.82, 2.24) is 5.32 Å². The number of halogens is 3. The van der Waals surface area contributed by atoms with E-state index in [1.807, 2.05) is 0 Å². The minimum atomic E-state index is 0.201. The van der Waals surface area contributed by atoms with Crippen molar-refractivity contribution in [2.45, 2.75) is 6.04 Å². The summed E-state index contributed by atoms with van der Waals surface area (Å²) in [4.78, 5) is 0. The fraction of sp³-hybridized carbons (Fsp3) is 1.00. The quantitative estimate of drug-likeness (QED) is 0.650. The molecule has 1 N–H and O–H groups in total. The maximum atomic E-state index is 5.51.